The summed E-state index contributed by atoms with van der Waals surface area (Å²) < 4.78 is 13.7. The van der Waals surface area contributed by atoms with Gasteiger partial charge in [-0.25, -0.2) is 0 Å². The van der Waals surface area contributed by atoms with Gasteiger partial charge in [0, 0.05) is 18.8 Å². The molecule has 7 nitrogen and oxygen atoms in total. The van der Waals surface area contributed by atoms with Gasteiger partial charge in [0.2, 0.25) is 5.91 Å². The highest BCUT2D eigenvalue weighted by molar-refractivity contribution is 5.93. The molecule has 1 N–H and O–H groups in total. The average Bonchev–Trinajstić information content (AvgIpc) is 3.40. The number of nitrogens with zero attached hydrogens (tertiary/aromatic N) is 3. The van der Waals surface area contributed by atoms with Crippen molar-refractivity contribution in [3.63, 3.8) is 0 Å². The number of nitriles is 1. The van der Waals surface area contributed by atoms with Crippen LogP contribution in [0.4, 0.5) is 5.82 Å². The van der Waals surface area contributed by atoms with Crippen molar-refractivity contribution in [3.05, 3.63) is 70.3 Å². The Hall–Kier alpha value is -3.50. The molecule has 0 atom stereocenters. The molecule has 3 heterocycles. The van der Waals surface area contributed by atoms with Gasteiger partial charge in [-0.05, 0) is 75.4 Å². The standard InChI is InChI=1S/C27H32N4O3/c1-18-7-8-19(2)25(14-18)34-22-9-11-30(12-10-22)17-26(32)29-27-24(15-28)20(3)21(4)31(27)16-23-6-5-13-33-23/h5-8,13-14,22H,9-12,16-17H2,1-4H3,(H,29,32). The van der Waals surface area contributed by atoms with Gasteiger partial charge in [0.25, 0.3) is 0 Å². The van der Waals surface area contributed by atoms with Crippen LogP contribution < -0.4 is 10.1 Å². The number of anilines is 1. The Kier molecular flexibility index (Phi) is 7.09. The Morgan fingerprint density at radius 3 is 2.65 bits per heavy atom. The molecule has 1 aliphatic heterocycles. The number of nitrogens with one attached hydrogen (secondary N) is 1. The fourth-order valence-corrected chi connectivity index (χ4v) is 4.46. The Morgan fingerprint density at radius 1 is 1.21 bits per heavy atom. The molecule has 1 fully saturated rings. The van der Waals surface area contributed by atoms with Crippen molar-refractivity contribution in [1.29, 1.82) is 5.26 Å². The van der Waals surface area contributed by atoms with Crippen LogP contribution in [0.15, 0.2) is 41.0 Å². The Morgan fingerprint density at radius 2 is 1.97 bits per heavy atom. The van der Waals surface area contributed by atoms with E-state index in [9.17, 15) is 10.1 Å². The Balaban J connectivity index is 1.37. The van der Waals surface area contributed by atoms with Crippen molar-refractivity contribution in [2.24, 2.45) is 0 Å². The molecule has 1 saturated heterocycles. The van der Waals surface area contributed by atoms with E-state index in [1.54, 1.807) is 6.26 Å². The third kappa shape index (κ3) is 5.18. The molecule has 2 aromatic heterocycles. The second-order valence-electron chi connectivity index (χ2n) is 9.12. The first-order valence-corrected chi connectivity index (χ1v) is 11.7. The smallest absolute Gasteiger partial charge is 0.239 e. The minimum absolute atomic E-state index is 0.122. The number of hydrogen-bond acceptors (Lipinski definition) is 5. The number of benzene rings is 1. The molecule has 34 heavy (non-hydrogen) atoms. The quantitative estimate of drug-likeness (QED) is 0.552. The first-order valence-electron chi connectivity index (χ1n) is 11.7. The van der Waals surface area contributed by atoms with Crippen molar-refractivity contribution >= 4 is 11.7 Å². The summed E-state index contributed by atoms with van der Waals surface area (Å²) in [5.41, 5.74) is 4.64. The molecule has 1 amide bonds. The lowest BCUT2D eigenvalue weighted by molar-refractivity contribution is -0.117. The molecule has 178 valence electrons. The van der Waals surface area contributed by atoms with Crippen LogP contribution in [0, 0.1) is 39.0 Å². The minimum Gasteiger partial charge on any atom is -0.490 e. The number of aryl methyl sites for hydroxylation is 2. The SMILES string of the molecule is Cc1ccc(C)c(OC2CCN(CC(=O)Nc3c(C#N)c(C)c(C)n3Cc3ccco3)CC2)c1. The maximum atomic E-state index is 12.9. The molecule has 3 aromatic rings. The topological polar surface area (TPSA) is 83.4 Å². The molecule has 7 heteroatoms. The number of furan rings is 1. The van der Waals surface area contributed by atoms with Gasteiger partial charge in [0.1, 0.15) is 29.5 Å². The third-order valence-electron chi connectivity index (χ3n) is 6.63. The lowest BCUT2D eigenvalue weighted by Crippen LogP contribution is -2.42. The van der Waals surface area contributed by atoms with Crippen LogP contribution in [-0.2, 0) is 11.3 Å². The lowest BCUT2D eigenvalue weighted by Gasteiger charge is -2.32. The number of aromatic nitrogens is 1. The summed E-state index contributed by atoms with van der Waals surface area (Å²) >= 11 is 0. The average molecular weight is 461 g/mol. The molecule has 0 aliphatic carbocycles. The summed E-state index contributed by atoms with van der Waals surface area (Å²) in [7, 11) is 0. The number of carbonyl (C=O) groups excluding carboxylic acids is 1. The summed E-state index contributed by atoms with van der Waals surface area (Å²) in [6.07, 6.45) is 3.52. The fourth-order valence-electron chi connectivity index (χ4n) is 4.46. The van der Waals surface area contributed by atoms with Gasteiger partial charge in [-0.2, -0.15) is 5.26 Å². The number of amides is 1. The van der Waals surface area contributed by atoms with Gasteiger partial charge in [0.05, 0.1) is 24.9 Å². The van der Waals surface area contributed by atoms with E-state index in [1.807, 2.05) is 30.5 Å². The molecule has 0 bridgehead atoms. The number of hydrogen-bond donors (Lipinski definition) is 1. The maximum absolute atomic E-state index is 12.9. The molecule has 0 spiro atoms. The highest BCUT2D eigenvalue weighted by Crippen LogP contribution is 2.28. The summed E-state index contributed by atoms with van der Waals surface area (Å²) in [4.78, 5) is 15.1. The Labute approximate surface area is 200 Å². The van der Waals surface area contributed by atoms with Crippen LogP contribution >= 0.6 is 0 Å². The zero-order valence-corrected chi connectivity index (χ0v) is 20.4. The van der Waals surface area contributed by atoms with E-state index in [1.165, 1.54) is 5.56 Å². The zero-order valence-electron chi connectivity index (χ0n) is 20.4. The number of ether oxygens (including phenoxy) is 1. The van der Waals surface area contributed by atoms with E-state index in [0.717, 1.165) is 54.3 Å². The van der Waals surface area contributed by atoms with Crippen molar-refractivity contribution < 1.29 is 13.9 Å². The van der Waals surface area contributed by atoms with Gasteiger partial charge >= 0.3 is 0 Å². The summed E-state index contributed by atoms with van der Waals surface area (Å²) in [6, 6.07) is 12.2. The van der Waals surface area contributed by atoms with Crippen LogP contribution in [0.25, 0.3) is 0 Å². The van der Waals surface area contributed by atoms with Crippen LogP contribution in [0.1, 0.15) is 46.5 Å². The summed E-state index contributed by atoms with van der Waals surface area (Å²) in [5.74, 6) is 2.13. The predicted molar refractivity (Wildman–Crippen MR) is 131 cm³/mol. The second kappa shape index (κ2) is 10.2. The molecule has 1 aliphatic rings. The summed E-state index contributed by atoms with van der Waals surface area (Å²) in [5, 5.41) is 12.7. The third-order valence-corrected chi connectivity index (χ3v) is 6.63. The van der Waals surface area contributed by atoms with Crippen LogP contribution in [-0.4, -0.2) is 41.1 Å². The lowest BCUT2D eigenvalue weighted by atomic mass is 10.1. The molecular formula is C27H32N4O3. The van der Waals surface area contributed by atoms with Gasteiger partial charge in [-0.15, -0.1) is 0 Å². The monoisotopic (exact) mass is 460 g/mol. The van der Waals surface area contributed by atoms with Crippen molar-refractivity contribution in [1.82, 2.24) is 9.47 Å². The van der Waals surface area contributed by atoms with Crippen molar-refractivity contribution in [2.45, 2.75) is 53.2 Å². The van der Waals surface area contributed by atoms with Gasteiger partial charge in [-0.1, -0.05) is 12.1 Å². The van der Waals surface area contributed by atoms with Gasteiger partial charge in [-0.3, -0.25) is 9.69 Å². The zero-order chi connectivity index (χ0) is 24.2. The van der Waals surface area contributed by atoms with Crippen LogP contribution in [0.2, 0.25) is 0 Å². The molecule has 0 saturated carbocycles. The van der Waals surface area contributed by atoms with E-state index in [0.29, 0.717) is 17.9 Å². The first kappa shape index (κ1) is 23.7. The second-order valence-corrected chi connectivity index (χ2v) is 9.12. The summed E-state index contributed by atoms with van der Waals surface area (Å²) in [6.45, 7) is 10.3. The number of likely N-dealkylation sites (tertiary alicyclic amines) is 1. The molecule has 0 unspecified atom stereocenters. The van der Waals surface area contributed by atoms with Gasteiger partial charge in [0.15, 0.2) is 0 Å². The number of carbonyl (C=O) groups is 1. The van der Waals surface area contributed by atoms with Crippen molar-refractivity contribution in [3.8, 4) is 11.8 Å². The van der Waals surface area contributed by atoms with E-state index in [4.69, 9.17) is 9.15 Å². The Bertz CT molecular complexity index is 1200. The normalized spacial score (nSPS) is 14.7. The largest absolute Gasteiger partial charge is 0.490 e. The van der Waals surface area contributed by atoms with E-state index in [-0.39, 0.29) is 18.6 Å². The molecule has 4 rings (SSSR count). The van der Waals surface area contributed by atoms with E-state index >= 15 is 0 Å². The van der Waals surface area contributed by atoms with E-state index in [2.05, 4.69) is 48.3 Å². The molecular weight excluding hydrogens is 428 g/mol. The molecule has 1 aromatic carbocycles. The minimum atomic E-state index is -0.122. The van der Waals surface area contributed by atoms with Crippen LogP contribution in [0.3, 0.4) is 0 Å². The molecule has 0 radical (unpaired) electrons. The van der Waals surface area contributed by atoms with E-state index < -0.39 is 0 Å². The first-order chi connectivity index (χ1) is 16.4. The predicted octanol–water partition coefficient (Wildman–Crippen LogP) is 4.72. The maximum Gasteiger partial charge on any atom is 0.239 e. The number of rotatable bonds is 7. The van der Waals surface area contributed by atoms with Crippen molar-refractivity contribution in [2.75, 3.05) is 25.0 Å². The highest BCUT2D eigenvalue weighted by Gasteiger charge is 2.25. The highest BCUT2D eigenvalue weighted by atomic mass is 16.5. The fraction of sp³-hybridized carbons (Fsp3) is 0.407. The van der Waals surface area contributed by atoms with Gasteiger partial charge < -0.3 is 19.0 Å². The van der Waals surface area contributed by atoms with Crippen LogP contribution in [0.5, 0.6) is 5.75 Å². The number of piperidine rings is 1.